The van der Waals surface area contributed by atoms with Gasteiger partial charge in [-0.25, -0.2) is 18.1 Å². The summed E-state index contributed by atoms with van der Waals surface area (Å²) in [6.07, 6.45) is 1.17. The maximum Gasteiger partial charge on any atom is 0.242 e. The highest BCUT2D eigenvalue weighted by atomic mass is 35.5. The lowest BCUT2D eigenvalue weighted by Gasteiger charge is -2.14. The molecular formula is C13H16ClN3O3S. The lowest BCUT2D eigenvalue weighted by atomic mass is 10.1. The number of halogens is 1. The van der Waals surface area contributed by atoms with E-state index in [9.17, 15) is 8.42 Å². The Morgan fingerprint density at radius 3 is 2.57 bits per heavy atom. The maximum atomic E-state index is 12.3. The number of furan rings is 1. The normalized spacial score (nSPS) is 13.3. The molecule has 2 aromatic rings. The van der Waals surface area contributed by atoms with Crippen LogP contribution in [0.2, 0.25) is 5.02 Å². The van der Waals surface area contributed by atoms with Gasteiger partial charge in [0.1, 0.15) is 22.2 Å². The van der Waals surface area contributed by atoms with Crippen LogP contribution in [-0.2, 0) is 10.0 Å². The lowest BCUT2D eigenvalue weighted by Crippen LogP contribution is -2.27. The number of nitrogens with zero attached hydrogens (tertiary/aromatic N) is 1. The highest BCUT2D eigenvalue weighted by Crippen LogP contribution is 2.24. The number of hydrogen-bond acceptors (Lipinski definition) is 5. The fraction of sp³-hybridized carbons (Fsp3) is 0.308. The maximum absolute atomic E-state index is 12.3. The molecule has 0 saturated carbocycles. The zero-order chi connectivity index (χ0) is 15.8. The van der Waals surface area contributed by atoms with E-state index in [0.717, 1.165) is 11.3 Å². The van der Waals surface area contributed by atoms with Crippen LogP contribution in [0, 0.1) is 13.8 Å². The van der Waals surface area contributed by atoms with Gasteiger partial charge in [0.2, 0.25) is 10.0 Å². The van der Waals surface area contributed by atoms with E-state index in [4.69, 9.17) is 21.8 Å². The van der Waals surface area contributed by atoms with Crippen LogP contribution in [0.5, 0.6) is 0 Å². The first kappa shape index (κ1) is 15.8. The summed E-state index contributed by atoms with van der Waals surface area (Å²) in [6.45, 7) is 5.33. The zero-order valence-corrected chi connectivity index (χ0v) is 13.4. The number of nitrogens with two attached hydrogens (primary N) is 1. The molecule has 0 aliphatic heterocycles. The summed E-state index contributed by atoms with van der Waals surface area (Å²) >= 11 is 5.81. The predicted octanol–water partition coefficient (Wildman–Crippen LogP) is 2.57. The number of anilines is 1. The van der Waals surface area contributed by atoms with Crippen molar-refractivity contribution in [3.05, 3.63) is 40.4 Å². The molecule has 0 aliphatic rings. The Balaban J connectivity index is 2.28. The number of sulfonamides is 1. The first-order chi connectivity index (χ1) is 9.70. The van der Waals surface area contributed by atoms with E-state index < -0.39 is 16.1 Å². The third-order valence-corrected chi connectivity index (χ3v) is 4.84. The second kappa shape index (κ2) is 5.67. The SMILES string of the molecule is Cc1cc(C(C)NS(=O)(=O)c2cnc(N)c(Cl)c2)c(C)o1. The average molecular weight is 330 g/mol. The largest absolute Gasteiger partial charge is 0.466 e. The second-order valence-corrected chi connectivity index (χ2v) is 6.87. The number of rotatable bonds is 4. The lowest BCUT2D eigenvalue weighted by molar-refractivity contribution is 0.496. The van der Waals surface area contributed by atoms with Crippen LogP contribution in [0.1, 0.15) is 30.0 Å². The molecule has 0 radical (unpaired) electrons. The van der Waals surface area contributed by atoms with Gasteiger partial charge in [0.25, 0.3) is 0 Å². The fourth-order valence-electron chi connectivity index (χ4n) is 2.02. The van der Waals surface area contributed by atoms with Crippen molar-refractivity contribution in [3.63, 3.8) is 0 Å². The average Bonchev–Trinajstić information content (AvgIpc) is 2.71. The van der Waals surface area contributed by atoms with Crippen LogP contribution in [0.15, 0.2) is 27.6 Å². The van der Waals surface area contributed by atoms with Gasteiger partial charge in [0, 0.05) is 17.8 Å². The molecule has 6 nitrogen and oxygen atoms in total. The Hall–Kier alpha value is -1.57. The van der Waals surface area contributed by atoms with Crippen molar-refractivity contribution < 1.29 is 12.8 Å². The van der Waals surface area contributed by atoms with Crippen molar-refractivity contribution in [2.75, 3.05) is 5.73 Å². The fourth-order valence-corrected chi connectivity index (χ4v) is 3.45. The highest BCUT2D eigenvalue weighted by Gasteiger charge is 2.22. The Bertz CT molecular complexity index is 771. The van der Waals surface area contributed by atoms with E-state index in [-0.39, 0.29) is 15.7 Å². The Kier molecular flexibility index (Phi) is 4.27. The summed E-state index contributed by atoms with van der Waals surface area (Å²) in [6, 6.07) is 2.63. The van der Waals surface area contributed by atoms with Crippen LogP contribution >= 0.6 is 11.6 Å². The molecule has 0 saturated heterocycles. The van der Waals surface area contributed by atoms with Crippen LogP contribution in [0.3, 0.4) is 0 Å². The summed E-state index contributed by atoms with van der Waals surface area (Å²) in [5, 5.41) is 0.0980. The van der Waals surface area contributed by atoms with E-state index in [1.54, 1.807) is 26.8 Å². The molecule has 114 valence electrons. The van der Waals surface area contributed by atoms with Crippen molar-refractivity contribution in [2.45, 2.75) is 31.7 Å². The van der Waals surface area contributed by atoms with Gasteiger partial charge in [-0.05, 0) is 32.9 Å². The number of aromatic nitrogens is 1. The van der Waals surface area contributed by atoms with Gasteiger partial charge in [-0.15, -0.1) is 0 Å². The molecule has 8 heteroatoms. The Morgan fingerprint density at radius 1 is 1.38 bits per heavy atom. The molecule has 2 aromatic heterocycles. The molecule has 0 aliphatic carbocycles. The van der Waals surface area contributed by atoms with E-state index in [1.807, 2.05) is 0 Å². The van der Waals surface area contributed by atoms with Gasteiger partial charge in [-0.2, -0.15) is 0 Å². The molecule has 21 heavy (non-hydrogen) atoms. The van der Waals surface area contributed by atoms with Gasteiger partial charge < -0.3 is 10.2 Å². The molecule has 1 atom stereocenters. The zero-order valence-electron chi connectivity index (χ0n) is 11.8. The molecule has 0 aromatic carbocycles. The summed E-state index contributed by atoms with van der Waals surface area (Å²) < 4.78 is 32.6. The Labute approximate surface area is 128 Å². The van der Waals surface area contributed by atoms with Crippen molar-refractivity contribution >= 4 is 27.4 Å². The molecule has 0 amide bonds. The van der Waals surface area contributed by atoms with E-state index in [2.05, 4.69) is 9.71 Å². The van der Waals surface area contributed by atoms with Gasteiger partial charge >= 0.3 is 0 Å². The number of nitrogens with one attached hydrogen (secondary N) is 1. The minimum Gasteiger partial charge on any atom is -0.466 e. The van der Waals surface area contributed by atoms with Crippen molar-refractivity contribution in [1.82, 2.24) is 9.71 Å². The molecule has 1 unspecified atom stereocenters. The third kappa shape index (κ3) is 3.37. The van der Waals surface area contributed by atoms with Crippen LogP contribution < -0.4 is 10.5 Å². The van der Waals surface area contributed by atoms with E-state index in [1.165, 1.54) is 12.3 Å². The van der Waals surface area contributed by atoms with Gasteiger partial charge in [0.15, 0.2) is 0 Å². The molecule has 3 N–H and O–H groups in total. The van der Waals surface area contributed by atoms with Crippen molar-refractivity contribution in [1.29, 1.82) is 0 Å². The van der Waals surface area contributed by atoms with Crippen molar-refractivity contribution in [3.8, 4) is 0 Å². The van der Waals surface area contributed by atoms with Crippen LogP contribution in [0.25, 0.3) is 0 Å². The number of nitrogen functional groups attached to an aromatic ring is 1. The quantitative estimate of drug-likeness (QED) is 0.898. The number of aryl methyl sites for hydroxylation is 2. The minimum absolute atomic E-state index is 0.0357. The summed E-state index contributed by atoms with van der Waals surface area (Å²) in [5.74, 6) is 1.49. The molecule has 2 rings (SSSR count). The summed E-state index contributed by atoms with van der Waals surface area (Å²) in [7, 11) is -3.75. The number of hydrogen-bond donors (Lipinski definition) is 2. The minimum atomic E-state index is -3.75. The van der Waals surface area contributed by atoms with E-state index >= 15 is 0 Å². The Morgan fingerprint density at radius 2 is 2.05 bits per heavy atom. The first-order valence-corrected chi connectivity index (χ1v) is 8.07. The second-order valence-electron chi connectivity index (χ2n) is 4.75. The predicted molar refractivity (Wildman–Crippen MR) is 80.6 cm³/mol. The van der Waals surface area contributed by atoms with Gasteiger partial charge in [0.05, 0.1) is 5.02 Å². The van der Waals surface area contributed by atoms with Crippen LogP contribution in [-0.4, -0.2) is 13.4 Å². The highest BCUT2D eigenvalue weighted by molar-refractivity contribution is 7.89. The third-order valence-electron chi connectivity index (χ3n) is 3.03. The molecule has 0 fully saturated rings. The van der Waals surface area contributed by atoms with Gasteiger partial charge in [-0.1, -0.05) is 11.6 Å². The monoisotopic (exact) mass is 329 g/mol. The standard InChI is InChI=1S/C13H16ClN3O3S/c1-7-4-11(9(3)20-7)8(2)17-21(18,19)10-5-12(14)13(15)16-6-10/h4-6,8,17H,1-3H3,(H2,15,16). The molecule has 2 heterocycles. The van der Waals surface area contributed by atoms with Gasteiger partial charge in [-0.3, -0.25) is 0 Å². The smallest absolute Gasteiger partial charge is 0.242 e. The van der Waals surface area contributed by atoms with Crippen LogP contribution in [0.4, 0.5) is 5.82 Å². The topological polar surface area (TPSA) is 98.2 Å². The van der Waals surface area contributed by atoms with Crippen molar-refractivity contribution in [2.24, 2.45) is 0 Å². The first-order valence-electron chi connectivity index (χ1n) is 6.21. The molecule has 0 spiro atoms. The summed E-state index contributed by atoms with van der Waals surface area (Å²) in [4.78, 5) is 3.72. The molecular weight excluding hydrogens is 314 g/mol. The summed E-state index contributed by atoms with van der Waals surface area (Å²) in [5.41, 5.74) is 6.26. The molecule has 0 bridgehead atoms. The number of pyridine rings is 1. The van der Waals surface area contributed by atoms with E-state index in [0.29, 0.717) is 5.76 Å².